The number of carbonyl (C=O) groups is 1. The van der Waals surface area contributed by atoms with Crippen molar-refractivity contribution in [3.8, 4) is 0 Å². The number of sulfonamides is 1. The van der Waals surface area contributed by atoms with Crippen LogP contribution in [0.25, 0.3) is 10.2 Å². The van der Waals surface area contributed by atoms with Crippen molar-refractivity contribution in [1.29, 1.82) is 0 Å². The highest BCUT2D eigenvalue weighted by Crippen LogP contribution is 2.31. The van der Waals surface area contributed by atoms with Gasteiger partial charge in [0.1, 0.15) is 0 Å². The Hall–Kier alpha value is -1.83. The van der Waals surface area contributed by atoms with Gasteiger partial charge in [0.2, 0.25) is 10.0 Å². The van der Waals surface area contributed by atoms with Gasteiger partial charge in [-0.2, -0.15) is 4.31 Å². The highest BCUT2D eigenvalue weighted by molar-refractivity contribution is 7.89. The largest absolute Gasteiger partial charge is 0.383 e. The molecular weight excluding hydrogens is 583 g/mol. The van der Waals surface area contributed by atoms with E-state index in [1.165, 1.54) is 42.0 Å². The van der Waals surface area contributed by atoms with Crippen molar-refractivity contribution in [2.75, 3.05) is 71.6 Å². The lowest BCUT2D eigenvalue weighted by Gasteiger charge is -2.25. The highest BCUT2D eigenvalue weighted by atomic mass is 35.5. The van der Waals surface area contributed by atoms with E-state index >= 15 is 0 Å². The number of methoxy groups -OCH3 is 2. The van der Waals surface area contributed by atoms with E-state index in [1.54, 1.807) is 23.1 Å². The second-order valence-electron chi connectivity index (χ2n) is 8.51. The number of carbonyl (C=O) groups excluding carboxylic acids is 1. The first-order valence-corrected chi connectivity index (χ1v) is 15.1. The van der Waals surface area contributed by atoms with E-state index < -0.39 is 10.0 Å². The normalized spacial score (nSPS) is 11.8. The van der Waals surface area contributed by atoms with E-state index in [-0.39, 0.29) is 49.5 Å². The number of hydrogen-bond acceptors (Lipinski definition) is 8. The molecule has 1 heterocycles. The SMILES string of the molecule is CCN(CC)CCN(C(=O)c1ccc(S(=O)(=O)N(CCOC)CCOC)cc1)c1nc2ccc(Cl)cc2s1.Cl. The summed E-state index contributed by atoms with van der Waals surface area (Å²) in [6.07, 6.45) is 0. The Kier molecular flexibility index (Phi) is 13.5. The summed E-state index contributed by atoms with van der Waals surface area (Å²) in [5.41, 5.74) is 1.14. The van der Waals surface area contributed by atoms with Crippen LogP contribution >= 0.6 is 35.3 Å². The summed E-state index contributed by atoms with van der Waals surface area (Å²) < 4.78 is 38.8. The molecule has 0 aliphatic rings. The van der Waals surface area contributed by atoms with Gasteiger partial charge in [-0.05, 0) is 55.6 Å². The minimum absolute atomic E-state index is 0. The van der Waals surface area contributed by atoms with Crippen LogP contribution in [-0.2, 0) is 19.5 Å². The lowest BCUT2D eigenvalue weighted by atomic mass is 10.2. The summed E-state index contributed by atoms with van der Waals surface area (Å²) >= 11 is 7.56. The zero-order valence-corrected chi connectivity index (χ0v) is 25.8. The van der Waals surface area contributed by atoms with Crippen molar-refractivity contribution in [3.63, 3.8) is 0 Å². The van der Waals surface area contributed by atoms with Crippen LogP contribution in [0.3, 0.4) is 0 Å². The molecule has 0 spiro atoms. The molecule has 0 unspecified atom stereocenters. The van der Waals surface area contributed by atoms with Crippen molar-refractivity contribution in [2.24, 2.45) is 0 Å². The maximum Gasteiger partial charge on any atom is 0.260 e. The fourth-order valence-corrected chi connectivity index (χ4v) is 6.55. The van der Waals surface area contributed by atoms with Gasteiger partial charge in [-0.25, -0.2) is 13.4 Å². The Labute approximate surface area is 246 Å². The van der Waals surface area contributed by atoms with Crippen molar-refractivity contribution < 1.29 is 22.7 Å². The van der Waals surface area contributed by atoms with E-state index in [4.69, 9.17) is 21.1 Å². The van der Waals surface area contributed by atoms with E-state index in [9.17, 15) is 13.2 Å². The van der Waals surface area contributed by atoms with Crippen LogP contribution in [0.5, 0.6) is 0 Å². The third-order valence-corrected chi connectivity index (χ3v) is 9.37. The van der Waals surface area contributed by atoms with Crippen LogP contribution in [-0.4, -0.2) is 95.2 Å². The van der Waals surface area contributed by atoms with Gasteiger partial charge in [-0.3, -0.25) is 9.69 Å². The zero-order valence-electron chi connectivity index (χ0n) is 22.6. The first kappa shape index (κ1) is 33.4. The number of benzene rings is 2. The van der Waals surface area contributed by atoms with Gasteiger partial charge in [0.05, 0.1) is 28.3 Å². The van der Waals surface area contributed by atoms with Crippen LogP contribution in [0.4, 0.5) is 5.13 Å². The molecule has 0 N–H and O–H groups in total. The molecule has 0 saturated carbocycles. The van der Waals surface area contributed by atoms with Crippen molar-refractivity contribution in [1.82, 2.24) is 14.2 Å². The molecule has 0 aliphatic heterocycles. The zero-order chi connectivity index (χ0) is 27.7. The summed E-state index contributed by atoms with van der Waals surface area (Å²) in [6, 6.07) is 11.5. The monoisotopic (exact) mass is 618 g/mol. The van der Waals surface area contributed by atoms with Gasteiger partial charge in [0.25, 0.3) is 5.91 Å². The molecule has 13 heteroatoms. The molecule has 0 saturated heterocycles. The third-order valence-electron chi connectivity index (χ3n) is 6.18. The average molecular weight is 620 g/mol. The van der Waals surface area contributed by atoms with Gasteiger partial charge < -0.3 is 14.4 Å². The van der Waals surface area contributed by atoms with Crippen LogP contribution < -0.4 is 4.90 Å². The predicted molar refractivity (Wildman–Crippen MR) is 160 cm³/mol. The number of aromatic nitrogens is 1. The van der Waals surface area contributed by atoms with Gasteiger partial charge in [-0.15, -0.1) is 12.4 Å². The van der Waals surface area contributed by atoms with Crippen molar-refractivity contribution in [3.05, 3.63) is 53.1 Å². The van der Waals surface area contributed by atoms with Crippen LogP contribution in [0.1, 0.15) is 24.2 Å². The number of hydrogen-bond donors (Lipinski definition) is 0. The predicted octanol–water partition coefficient (Wildman–Crippen LogP) is 4.64. The Bertz CT molecular complexity index is 1290. The van der Waals surface area contributed by atoms with E-state index in [2.05, 4.69) is 23.7 Å². The second kappa shape index (κ2) is 15.8. The molecule has 1 aromatic heterocycles. The summed E-state index contributed by atoms with van der Waals surface area (Å²) in [6.45, 7) is 7.92. The molecule has 0 aliphatic carbocycles. The highest BCUT2D eigenvalue weighted by Gasteiger charge is 2.26. The first-order valence-electron chi connectivity index (χ1n) is 12.4. The Morgan fingerprint density at radius 2 is 1.56 bits per heavy atom. The van der Waals surface area contributed by atoms with E-state index in [1.807, 2.05) is 12.1 Å². The van der Waals surface area contributed by atoms with Crippen molar-refractivity contribution in [2.45, 2.75) is 18.7 Å². The molecule has 39 heavy (non-hydrogen) atoms. The Balaban J connectivity index is 0.00000533. The van der Waals surface area contributed by atoms with Gasteiger partial charge >= 0.3 is 0 Å². The molecule has 216 valence electrons. The molecule has 3 aromatic rings. The molecule has 0 fully saturated rings. The number of ether oxygens (including phenoxy) is 2. The summed E-state index contributed by atoms with van der Waals surface area (Å²) in [7, 11) is -0.748. The fourth-order valence-electron chi connectivity index (χ4n) is 3.88. The minimum atomic E-state index is -3.79. The van der Waals surface area contributed by atoms with E-state index in [0.29, 0.717) is 28.8 Å². The van der Waals surface area contributed by atoms with Crippen molar-refractivity contribution >= 4 is 66.6 Å². The van der Waals surface area contributed by atoms with Gasteiger partial charge in [0, 0.05) is 51.0 Å². The number of halogens is 2. The molecule has 1 amide bonds. The number of fused-ring (bicyclic) bond motifs is 1. The molecule has 3 rings (SSSR count). The van der Waals surface area contributed by atoms with E-state index in [0.717, 1.165) is 23.3 Å². The number of amides is 1. The maximum atomic E-state index is 13.7. The van der Waals surface area contributed by atoms with Gasteiger partial charge in [0.15, 0.2) is 5.13 Å². The molecule has 0 atom stereocenters. The summed E-state index contributed by atoms with van der Waals surface area (Å²) in [5, 5.41) is 1.18. The average Bonchev–Trinajstić information content (AvgIpc) is 3.33. The maximum absolute atomic E-state index is 13.7. The fraction of sp³-hybridized carbons (Fsp3) is 0.462. The minimum Gasteiger partial charge on any atom is -0.383 e. The Morgan fingerprint density at radius 1 is 0.949 bits per heavy atom. The van der Waals surface area contributed by atoms with Crippen LogP contribution in [0, 0.1) is 0 Å². The molecule has 9 nitrogen and oxygen atoms in total. The quantitative estimate of drug-likeness (QED) is 0.245. The smallest absolute Gasteiger partial charge is 0.260 e. The van der Waals surface area contributed by atoms with Crippen LogP contribution in [0.2, 0.25) is 5.02 Å². The lowest BCUT2D eigenvalue weighted by Crippen LogP contribution is -2.39. The lowest BCUT2D eigenvalue weighted by molar-refractivity contribution is 0.0983. The standard InChI is InChI=1S/C26H35ClN4O5S2.ClH/c1-5-29(6-2)13-14-31(26-28-23-12-9-21(27)19-24(23)37-26)25(32)20-7-10-22(11-8-20)38(33,34)30(15-17-35-3)16-18-36-4;/h7-12,19H,5-6,13-18H2,1-4H3;1H. The molecule has 0 radical (unpaired) electrons. The number of nitrogens with zero attached hydrogens (tertiary/aromatic N) is 4. The summed E-state index contributed by atoms with van der Waals surface area (Å²) in [4.78, 5) is 22.4. The first-order chi connectivity index (χ1) is 18.2. The molecule has 0 bridgehead atoms. The van der Waals surface area contributed by atoms with Crippen LogP contribution in [0.15, 0.2) is 47.4 Å². The summed E-state index contributed by atoms with van der Waals surface area (Å²) in [5.74, 6) is -0.248. The molecule has 2 aromatic carbocycles. The number of rotatable bonds is 15. The molecular formula is C26H36Cl2N4O5S2. The Morgan fingerprint density at radius 3 is 2.13 bits per heavy atom. The number of anilines is 1. The third kappa shape index (κ3) is 8.58. The topological polar surface area (TPSA) is 92.3 Å². The van der Waals surface area contributed by atoms with Gasteiger partial charge in [-0.1, -0.05) is 36.8 Å². The second-order valence-corrected chi connectivity index (χ2v) is 11.9. The number of likely N-dealkylation sites (N-methyl/N-ethyl adjacent to an activating group) is 1. The number of thiazole rings is 1.